The molecule has 0 atom stereocenters. The van der Waals surface area contributed by atoms with Gasteiger partial charge in [0, 0.05) is 18.8 Å². The Morgan fingerprint density at radius 1 is 1.00 bits per heavy atom. The summed E-state index contributed by atoms with van der Waals surface area (Å²) >= 11 is 0. The largest absolute Gasteiger partial charge is 0.493 e. The van der Waals surface area contributed by atoms with Gasteiger partial charge in [-0.05, 0) is 62.2 Å². The summed E-state index contributed by atoms with van der Waals surface area (Å²) in [4.78, 5) is 19.4. The molecule has 0 unspecified atom stereocenters. The maximum absolute atomic E-state index is 12.9. The van der Waals surface area contributed by atoms with Gasteiger partial charge in [0.2, 0.25) is 0 Å². The Hall–Kier alpha value is -3.38. The van der Waals surface area contributed by atoms with Crippen molar-refractivity contribution in [1.82, 2.24) is 9.88 Å². The molecule has 6 nitrogen and oxygen atoms in total. The lowest BCUT2D eigenvalue weighted by Gasteiger charge is -2.16. The first kappa shape index (κ1) is 21.8. The maximum atomic E-state index is 12.9. The van der Waals surface area contributed by atoms with Gasteiger partial charge >= 0.3 is 0 Å². The number of hydrogen-bond donors (Lipinski definition) is 1. The second-order valence-electron chi connectivity index (χ2n) is 7.88. The van der Waals surface area contributed by atoms with Crippen molar-refractivity contribution < 1.29 is 14.3 Å². The number of benzene rings is 2. The first-order valence-corrected chi connectivity index (χ1v) is 11.2. The lowest BCUT2D eigenvalue weighted by Crippen LogP contribution is -2.21. The quantitative estimate of drug-likeness (QED) is 0.468. The van der Waals surface area contributed by atoms with Crippen LogP contribution in [0.1, 0.15) is 35.2 Å². The predicted octanol–water partition coefficient (Wildman–Crippen LogP) is 4.78. The molecule has 0 bridgehead atoms. The van der Waals surface area contributed by atoms with E-state index in [1.165, 1.54) is 25.9 Å². The number of likely N-dealkylation sites (tertiary alicyclic amines) is 1. The van der Waals surface area contributed by atoms with E-state index in [-0.39, 0.29) is 5.91 Å². The van der Waals surface area contributed by atoms with Crippen molar-refractivity contribution in [2.45, 2.75) is 25.9 Å². The predicted molar refractivity (Wildman–Crippen MR) is 125 cm³/mol. The van der Waals surface area contributed by atoms with Gasteiger partial charge in [0.1, 0.15) is 18.1 Å². The minimum absolute atomic E-state index is 0.248. The fourth-order valence-corrected chi connectivity index (χ4v) is 3.75. The molecule has 166 valence electrons. The molecule has 1 N–H and O–H groups in total. The molecule has 2 aromatic carbocycles. The smallest absolute Gasteiger partial charge is 0.259 e. The van der Waals surface area contributed by atoms with E-state index in [1.807, 2.05) is 36.4 Å². The van der Waals surface area contributed by atoms with E-state index < -0.39 is 0 Å². The number of ether oxygens (including phenoxy) is 2. The van der Waals surface area contributed by atoms with Crippen LogP contribution >= 0.6 is 0 Å². The van der Waals surface area contributed by atoms with E-state index in [1.54, 1.807) is 36.7 Å². The molecule has 1 amide bonds. The van der Waals surface area contributed by atoms with Crippen molar-refractivity contribution in [1.29, 1.82) is 0 Å². The van der Waals surface area contributed by atoms with Crippen LogP contribution in [0.5, 0.6) is 11.5 Å². The standard InChI is InChI=1S/C26H29N3O3/c30-26(28-22-10-6-13-27-19-22)24-12-11-23(31-17-7-16-29-14-4-5-15-29)18-25(24)32-20-21-8-2-1-3-9-21/h1-3,6,8-13,18-19H,4-5,7,14-17,20H2,(H,28,30). The molecule has 1 aliphatic heterocycles. The van der Waals surface area contributed by atoms with Gasteiger partial charge in [0.15, 0.2) is 0 Å². The average molecular weight is 432 g/mol. The first-order valence-electron chi connectivity index (χ1n) is 11.2. The summed E-state index contributed by atoms with van der Waals surface area (Å²) in [6.45, 7) is 4.45. The fourth-order valence-electron chi connectivity index (χ4n) is 3.75. The third-order valence-corrected chi connectivity index (χ3v) is 5.44. The van der Waals surface area contributed by atoms with Crippen LogP contribution in [0.15, 0.2) is 73.1 Å². The molecule has 1 saturated heterocycles. The Morgan fingerprint density at radius 3 is 2.62 bits per heavy atom. The summed E-state index contributed by atoms with van der Waals surface area (Å²) in [7, 11) is 0. The van der Waals surface area contributed by atoms with Crippen LogP contribution in [0.25, 0.3) is 0 Å². The number of amides is 1. The summed E-state index contributed by atoms with van der Waals surface area (Å²) in [6, 6.07) is 18.8. The molecular weight excluding hydrogens is 402 g/mol. The van der Waals surface area contributed by atoms with Crippen LogP contribution in [0, 0.1) is 0 Å². The molecule has 1 fully saturated rings. The molecule has 32 heavy (non-hydrogen) atoms. The molecule has 3 aromatic rings. The number of nitrogens with zero attached hydrogens (tertiary/aromatic N) is 2. The SMILES string of the molecule is O=C(Nc1cccnc1)c1ccc(OCCCN2CCCC2)cc1OCc1ccccc1. The number of hydrogen-bond acceptors (Lipinski definition) is 5. The van der Waals surface area contributed by atoms with Crippen LogP contribution in [0.4, 0.5) is 5.69 Å². The third kappa shape index (κ3) is 6.31. The lowest BCUT2D eigenvalue weighted by atomic mass is 10.1. The van der Waals surface area contributed by atoms with E-state index in [2.05, 4.69) is 15.2 Å². The van der Waals surface area contributed by atoms with E-state index in [0.29, 0.717) is 36.0 Å². The molecule has 0 radical (unpaired) electrons. The highest BCUT2D eigenvalue weighted by molar-refractivity contribution is 6.06. The maximum Gasteiger partial charge on any atom is 0.259 e. The van der Waals surface area contributed by atoms with E-state index >= 15 is 0 Å². The summed E-state index contributed by atoms with van der Waals surface area (Å²) in [5, 5.41) is 2.87. The lowest BCUT2D eigenvalue weighted by molar-refractivity contribution is 0.102. The fraction of sp³-hybridized carbons (Fsp3) is 0.308. The van der Waals surface area contributed by atoms with Crippen LogP contribution in [-0.4, -0.2) is 42.0 Å². The Labute approximate surface area is 189 Å². The highest BCUT2D eigenvalue weighted by Gasteiger charge is 2.15. The van der Waals surface area contributed by atoms with Gasteiger partial charge in [0.05, 0.1) is 24.1 Å². The van der Waals surface area contributed by atoms with Crippen molar-refractivity contribution >= 4 is 11.6 Å². The normalized spacial score (nSPS) is 13.6. The third-order valence-electron chi connectivity index (χ3n) is 5.44. The molecule has 1 aromatic heterocycles. The van der Waals surface area contributed by atoms with Crippen LogP contribution in [-0.2, 0) is 6.61 Å². The van der Waals surface area contributed by atoms with Gasteiger partial charge in [-0.3, -0.25) is 9.78 Å². The van der Waals surface area contributed by atoms with Crippen LogP contribution < -0.4 is 14.8 Å². The van der Waals surface area contributed by atoms with Crippen LogP contribution in [0.2, 0.25) is 0 Å². The van der Waals surface area contributed by atoms with Crippen molar-refractivity contribution in [3.63, 3.8) is 0 Å². The minimum atomic E-state index is -0.248. The van der Waals surface area contributed by atoms with Crippen molar-refractivity contribution in [2.24, 2.45) is 0 Å². The first-order chi connectivity index (χ1) is 15.8. The summed E-state index contributed by atoms with van der Waals surface area (Å²) < 4.78 is 12.0. The zero-order valence-corrected chi connectivity index (χ0v) is 18.2. The average Bonchev–Trinajstić information content (AvgIpc) is 3.35. The van der Waals surface area contributed by atoms with Gasteiger partial charge in [-0.2, -0.15) is 0 Å². The number of carbonyl (C=O) groups is 1. The molecule has 0 saturated carbocycles. The number of anilines is 1. The zero-order valence-electron chi connectivity index (χ0n) is 18.2. The van der Waals surface area contributed by atoms with Gasteiger partial charge in [-0.25, -0.2) is 0 Å². The molecule has 0 spiro atoms. The Bertz CT molecular complexity index is 990. The van der Waals surface area contributed by atoms with Crippen molar-refractivity contribution in [3.05, 3.63) is 84.2 Å². The molecule has 6 heteroatoms. The topological polar surface area (TPSA) is 63.7 Å². The summed E-state index contributed by atoms with van der Waals surface area (Å²) in [5.74, 6) is 0.946. The van der Waals surface area contributed by atoms with E-state index in [4.69, 9.17) is 9.47 Å². The molecule has 1 aliphatic rings. The molecule has 4 rings (SSSR count). The second kappa shape index (κ2) is 11.3. The molecule has 0 aliphatic carbocycles. The van der Waals surface area contributed by atoms with E-state index in [0.717, 1.165) is 18.5 Å². The highest BCUT2D eigenvalue weighted by atomic mass is 16.5. The number of pyridine rings is 1. The number of carbonyl (C=O) groups excluding carboxylic acids is 1. The Morgan fingerprint density at radius 2 is 1.84 bits per heavy atom. The minimum Gasteiger partial charge on any atom is -0.493 e. The van der Waals surface area contributed by atoms with Gasteiger partial charge in [-0.1, -0.05) is 30.3 Å². The van der Waals surface area contributed by atoms with Crippen molar-refractivity contribution in [3.8, 4) is 11.5 Å². The molecule has 2 heterocycles. The zero-order chi connectivity index (χ0) is 22.0. The summed E-state index contributed by atoms with van der Waals surface area (Å²) in [6.07, 6.45) is 6.85. The number of nitrogens with one attached hydrogen (secondary N) is 1. The number of rotatable bonds is 10. The van der Waals surface area contributed by atoms with Gasteiger partial charge in [-0.15, -0.1) is 0 Å². The highest BCUT2D eigenvalue weighted by Crippen LogP contribution is 2.27. The van der Waals surface area contributed by atoms with E-state index in [9.17, 15) is 4.79 Å². The summed E-state index contributed by atoms with van der Waals surface area (Å²) in [5.41, 5.74) is 2.12. The Kier molecular flexibility index (Phi) is 7.71. The monoisotopic (exact) mass is 431 g/mol. The second-order valence-corrected chi connectivity index (χ2v) is 7.88. The van der Waals surface area contributed by atoms with Crippen molar-refractivity contribution in [2.75, 3.05) is 31.6 Å². The van der Waals surface area contributed by atoms with Gasteiger partial charge in [0.25, 0.3) is 5.91 Å². The number of aromatic nitrogens is 1. The van der Waals surface area contributed by atoms with Crippen LogP contribution in [0.3, 0.4) is 0 Å². The van der Waals surface area contributed by atoms with Gasteiger partial charge < -0.3 is 19.7 Å². The Balaban J connectivity index is 1.43. The molecular formula is C26H29N3O3.